The minimum atomic E-state index is 0.214. The van der Waals surface area contributed by atoms with Crippen LogP contribution >= 0.6 is 0 Å². The van der Waals surface area contributed by atoms with Gasteiger partial charge in [-0.05, 0) is 38.1 Å². The Bertz CT molecular complexity index is 244. The van der Waals surface area contributed by atoms with Crippen molar-refractivity contribution in [3.05, 3.63) is 0 Å². The lowest BCUT2D eigenvalue weighted by Crippen LogP contribution is -2.44. The van der Waals surface area contributed by atoms with E-state index in [1.54, 1.807) is 6.92 Å². The monoisotopic (exact) mass is 240 g/mol. The lowest BCUT2D eigenvalue weighted by Gasteiger charge is -2.32. The smallest absolute Gasteiger partial charge is 0.219 e. The first-order valence-corrected chi connectivity index (χ1v) is 6.82. The van der Waals surface area contributed by atoms with Crippen LogP contribution in [0.2, 0.25) is 0 Å². The van der Waals surface area contributed by atoms with Crippen molar-refractivity contribution in [3.63, 3.8) is 0 Å². The number of hydrogen-bond acceptors (Lipinski definition) is 3. The van der Waals surface area contributed by atoms with E-state index in [-0.39, 0.29) is 5.91 Å². The third kappa shape index (κ3) is 3.96. The lowest BCUT2D eigenvalue weighted by atomic mass is 10.0. The van der Waals surface area contributed by atoms with Gasteiger partial charge in [0.25, 0.3) is 0 Å². The van der Waals surface area contributed by atoms with Crippen LogP contribution in [-0.4, -0.2) is 49.7 Å². The van der Waals surface area contributed by atoms with Gasteiger partial charge in [0.15, 0.2) is 0 Å². The predicted octanol–water partition coefficient (Wildman–Crippen LogP) is 1.01. The molecule has 0 bridgehead atoms. The lowest BCUT2D eigenvalue weighted by molar-refractivity contribution is -0.129. The fraction of sp³-hybridized carbons (Fsp3) is 0.923. The number of ether oxygens (including phenoxy) is 1. The summed E-state index contributed by atoms with van der Waals surface area (Å²) in [6.07, 6.45) is 4.65. The highest BCUT2D eigenvalue weighted by molar-refractivity contribution is 5.73. The number of hydrogen-bond donors (Lipinski definition) is 1. The molecule has 1 N–H and O–H groups in total. The Labute approximate surface area is 104 Å². The van der Waals surface area contributed by atoms with Gasteiger partial charge in [-0.25, -0.2) is 0 Å². The number of likely N-dealkylation sites (tertiary alicyclic amines) is 1. The molecule has 0 aromatic rings. The van der Waals surface area contributed by atoms with Gasteiger partial charge < -0.3 is 15.0 Å². The van der Waals surface area contributed by atoms with E-state index < -0.39 is 0 Å². The summed E-state index contributed by atoms with van der Waals surface area (Å²) in [5.74, 6) is 0.978. The highest BCUT2D eigenvalue weighted by atomic mass is 16.5. The average molecular weight is 240 g/mol. The Balaban J connectivity index is 1.56. The topological polar surface area (TPSA) is 41.6 Å². The molecule has 2 aliphatic heterocycles. The van der Waals surface area contributed by atoms with E-state index in [4.69, 9.17) is 4.74 Å². The maximum atomic E-state index is 11.2. The third-order valence-corrected chi connectivity index (χ3v) is 3.95. The zero-order chi connectivity index (χ0) is 12.1. The summed E-state index contributed by atoms with van der Waals surface area (Å²) in [6, 6.07) is 0.605. The van der Waals surface area contributed by atoms with Crippen molar-refractivity contribution in [1.82, 2.24) is 10.2 Å². The van der Waals surface area contributed by atoms with Crippen LogP contribution in [0.15, 0.2) is 0 Å². The molecule has 2 aliphatic rings. The molecule has 0 saturated carbocycles. The average Bonchev–Trinajstić information content (AvgIpc) is 2.83. The molecular formula is C13H24N2O2. The summed E-state index contributed by atoms with van der Waals surface area (Å²) in [4.78, 5) is 13.1. The van der Waals surface area contributed by atoms with Gasteiger partial charge in [0.05, 0.1) is 0 Å². The van der Waals surface area contributed by atoms with Crippen LogP contribution in [0.5, 0.6) is 0 Å². The van der Waals surface area contributed by atoms with E-state index in [1.165, 1.54) is 12.8 Å². The van der Waals surface area contributed by atoms with Crippen molar-refractivity contribution in [2.24, 2.45) is 5.92 Å². The number of amides is 1. The van der Waals surface area contributed by atoms with E-state index >= 15 is 0 Å². The first kappa shape index (κ1) is 12.8. The van der Waals surface area contributed by atoms with E-state index in [2.05, 4.69) is 5.32 Å². The maximum Gasteiger partial charge on any atom is 0.219 e. The number of piperidine rings is 1. The normalized spacial score (nSPS) is 26.4. The van der Waals surface area contributed by atoms with Crippen molar-refractivity contribution in [3.8, 4) is 0 Å². The molecule has 2 rings (SSSR count). The molecule has 2 fully saturated rings. The second-order valence-corrected chi connectivity index (χ2v) is 5.25. The third-order valence-electron chi connectivity index (χ3n) is 3.95. The molecule has 0 spiro atoms. The molecule has 4 heteroatoms. The molecule has 2 saturated heterocycles. The van der Waals surface area contributed by atoms with Gasteiger partial charge in [0, 0.05) is 39.3 Å². The second kappa shape index (κ2) is 6.36. The molecule has 0 aromatic heterocycles. The van der Waals surface area contributed by atoms with E-state index in [1.807, 2.05) is 4.90 Å². The van der Waals surface area contributed by atoms with Gasteiger partial charge >= 0.3 is 0 Å². The summed E-state index contributed by atoms with van der Waals surface area (Å²) in [6.45, 7) is 6.48. The summed E-state index contributed by atoms with van der Waals surface area (Å²) < 4.78 is 5.37. The Morgan fingerprint density at radius 2 is 2.12 bits per heavy atom. The minimum absolute atomic E-state index is 0.214. The second-order valence-electron chi connectivity index (χ2n) is 5.25. The molecule has 0 radical (unpaired) electrons. The number of carbonyl (C=O) groups excluding carboxylic acids is 1. The molecule has 0 aliphatic carbocycles. The van der Waals surface area contributed by atoms with Crippen LogP contribution < -0.4 is 5.32 Å². The van der Waals surface area contributed by atoms with Crippen molar-refractivity contribution in [1.29, 1.82) is 0 Å². The highest BCUT2D eigenvalue weighted by Gasteiger charge is 2.21. The van der Waals surface area contributed by atoms with E-state index in [0.29, 0.717) is 6.04 Å². The van der Waals surface area contributed by atoms with Gasteiger partial charge in [-0.2, -0.15) is 0 Å². The Kier molecular flexibility index (Phi) is 4.80. The minimum Gasteiger partial charge on any atom is -0.381 e. The molecule has 4 nitrogen and oxygen atoms in total. The number of nitrogens with zero attached hydrogens (tertiary/aromatic N) is 1. The van der Waals surface area contributed by atoms with Crippen LogP contribution in [0.4, 0.5) is 0 Å². The van der Waals surface area contributed by atoms with Crippen LogP contribution in [0.3, 0.4) is 0 Å². The van der Waals surface area contributed by atoms with Gasteiger partial charge in [-0.3, -0.25) is 4.79 Å². The van der Waals surface area contributed by atoms with E-state index in [0.717, 1.165) is 51.6 Å². The zero-order valence-electron chi connectivity index (χ0n) is 10.8. The zero-order valence-corrected chi connectivity index (χ0v) is 10.8. The molecule has 1 amide bonds. The van der Waals surface area contributed by atoms with Crippen LogP contribution in [-0.2, 0) is 9.53 Å². The Morgan fingerprint density at radius 1 is 1.35 bits per heavy atom. The summed E-state index contributed by atoms with van der Waals surface area (Å²) in [5.41, 5.74) is 0. The largest absolute Gasteiger partial charge is 0.381 e. The van der Waals surface area contributed by atoms with Crippen molar-refractivity contribution in [2.45, 2.75) is 38.6 Å². The number of nitrogens with one attached hydrogen (secondary N) is 1. The molecular weight excluding hydrogens is 216 g/mol. The van der Waals surface area contributed by atoms with Crippen molar-refractivity contribution < 1.29 is 9.53 Å². The summed E-state index contributed by atoms with van der Waals surface area (Å²) >= 11 is 0. The molecule has 2 heterocycles. The van der Waals surface area contributed by atoms with Crippen LogP contribution in [0.25, 0.3) is 0 Å². The summed E-state index contributed by atoms with van der Waals surface area (Å²) in [5, 5.41) is 3.61. The van der Waals surface area contributed by atoms with Gasteiger partial charge in [0.1, 0.15) is 0 Å². The van der Waals surface area contributed by atoms with Gasteiger partial charge in [-0.1, -0.05) is 0 Å². The van der Waals surface area contributed by atoms with Crippen molar-refractivity contribution in [2.75, 3.05) is 32.8 Å². The molecule has 17 heavy (non-hydrogen) atoms. The number of carbonyl (C=O) groups is 1. The molecule has 1 unspecified atom stereocenters. The standard InChI is InChI=1S/C13H24N2O2/c1-11(16)15-7-3-13(4-8-15)14-6-2-12-5-9-17-10-12/h12-14H,2-10H2,1H3. The first-order chi connectivity index (χ1) is 8.25. The predicted molar refractivity (Wildman–Crippen MR) is 66.8 cm³/mol. The SMILES string of the molecule is CC(=O)N1CCC(NCCC2CCOC2)CC1. The fourth-order valence-electron chi connectivity index (χ4n) is 2.70. The Morgan fingerprint density at radius 3 is 2.71 bits per heavy atom. The van der Waals surface area contributed by atoms with Gasteiger partial charge in [-0.15, -0.1) is 0 Å². The number of rotatable bonds is 4. The van der Waals surface area contributed by atoms with Crippen LogP contribution in [0.1, 0.15) is 32.6 Å². The maximum absolute atomic E-state index is 11.2. The van der Waals surface area contributed by atoms with Crippen molar-refractivity contribution >= 4 is 5.91 Å². The molecule has 1 atom stereocenters. The van der Waals surface area contributed by atoms with Crippen LogP contribution in [0, 0.1) is 5.92 Å². The molecule has 98 valence electrons. The highest BCUT2D eigenvalue weighted by Crippen LogP contribution is 2.16. The molecule has 0 aromatic carbocycles. The van der Waals surface area contributed by atoms with Gasteiger partial charge in [0.2, 0.25) is 5.91 Å². The Hall–Kier alpha value is -0.610. The van der Waals surface area contributed by atoms with E-state index in [9.17, 15) is 4.79 Å². The first-order valence-electron chi connectivity index (χ1n) is 6.82. The summed E-state index contributed by atoms with van der Waals surface area (Å²) in [7, 11) is 0. The quantitative estimate of drug-likeness (QED) is 0.797. The fourth-order valence-corrected chi connectivity index (χ4v) is 2.70.